The summed E-state index contributed by atoms with van der Waals surface area (Å²) in [5.41, 5.74) is 0.365. The second kappa shape index (κ2) is 9.35. The zero-order valence-electron chi connectivity index (χ0n) is 21.0. The Hall–Kier alpha value is -5.07. The second-order valence-corrected chi connectivity index (χ2v) is 9.88. The van der Waals surface area contributed by atoms with Crippen molar-refractivity contribution in [2.75, 3.05) is 10.2 Å². The third-order valence-electron chi connectivity index (χ3n) is 6.68. The molecule has 200 valence electrons. The number of piperidine rings is 1. The molecule has 3 aliphatic rings. The van der Waals surface area contributed by atoms with Gasteiger partial charge in [-0.05, 0) is 56.2 Å². The van der Waals surface area contributed by atoms with Crippen LogP contribution in [0.15, 0.2) is 42.5 Å². The first-order valence-electron chi connectivity index (χ1n) is 12.1. The van der Waals surface area contributed by atoms with Crippen molar-refractivity contribution < 1.29 is 33.6 Å². The van der Waals surface area contributed by atoms with Gasteiger partial charge in [-0.25, -0.2) is 14.5 Å². The molecule has 0 bridgehead atoms. The lowest BCUT2D eigenvalue weighted by Gasteiger charge is -2.27. The normalized spacial score (nSPS) is 20.1. The zero-order chi connectivity index (χ0) is 28.1. The minimum Gasteiger partial charge on any atom is -0.334 e. The molecule has 2 fully saturated rings. The maximum absolute atomic E-state index is 13.0. The Morgan fingerprint density at radius 3 is 2.44 bits per heavy atom. The van der Waals surface area contributed by atoms with E-state index in [1.165, 1.54) is 18.2 Å². The zero-order valence-corrected chi connectivity index (χ0v) is 21.0. The van der Waals surface area contributed by atoms with E-state index >= 15 is 0 Å². The summed E-state index contributed by atoms with van der Waals surface area (Å²) in [6, 6.07) is 8.55. The maximum Gasteiger partial charge on any atom is 0.329 e. The largest absolute Gasteiger partial charge is 0.334 e. The molecular weight excluding hydrogens is 508 g/mol. The van der Waals surface area contributed by atoms with Gasteiger partial charge in [-0.2, -0.15) is 0 Å². The summed E-state index contributed by atoms with van der Waals surface area (Å²) in [5, 5.41) is 10.0. The number of nitrogens with zero attached hydrogens (tertiary/aromatic N) is 2. The van der Waals surface area contributed by atoms with Gasteiger partial charge in [0.15, 0.2) is 0 Å². The van der Waals surface area contributed by atoms with Crippen LogP contribution in [0.4, 0.5) is 21.0 Å². The smallest absolute Gasteiger partial charge is 0.329 e. The van der Waals surface area contributed by atoms with Crippen molar-refractivity contribution in [3.63, 3.8) is 0 Å². The van der Waals surface area contributed by atoms with Gasteiger partial charge in [0.25, 0.3) is 17.7 Å². The molecule has 2 saturated heterocycles. The number of amides is 9. The Morgan fingerprint density at radius 1 is 1.00 bits per heavy atom. The molecule has 0 aromatic heterocycles. The molecule has 2 aromatic rings. The number of benzene rings is 2. The van der Waals surface area contributed by atoms with E-state index in [4.69, 9.17) is 0 Å². The molecule has 0 aliphatic carbocycles. The predicted octanol–water partition coefficient (Wildman–Crippen LogP) is 1.24. The van der Waals surface area contributed by atoms with Crippen LogP contribution in [0.2, 0.25) is 0 Å². The van der Waals surface area contributed by atoms with E-state index in [1.807, 2.05) is 0 Å². The average molecular weight is 533 g/mol. The molecule has 1 atom stereocenters. The number of carbonyl (C=O) groups is 7. The van der Waals surface area contributed by atoms with E-state index in [2.05, 4.69) is 21.3 Å². The lowest BCUT2D eigenvalue weighted by Crippen LogP contribution is -2.54. The van der Waals surface area contributed by atoms with E-state index < -0.39 is 53.2 Å². The summed E-state index contributed by atoms with van der Waals surface area (Å²) in [6.07, 6.45) is 0.0802. The van der Waals surface area contributed by atoms with E-state index in [0.29, 0.717) is 16.9 Å². The van der Waals surface area contributed by atoms with Crippen LogP contribution in [0, 0.1) is 0 Å². The molecule has 3 heterocycles. The highest BCUT2D eigenvalue weighted by molar-refractivity contribution is 6.24. The lowest BCUT2D eigenvalue weighted by atomic mass is 10.0. The number of fused-ring (bicyclic) bond motifs is 1. The number of anilines is 2. The van der Waals surface area contributed by atoms with Crippen molar-refractivity contribution in [1.29, 1.82) is 0 Å². The number of urea groups is 2. The van der Waals surface area contributed by atoms with Gasteiger partial charge in [-0.3, -0.25) is 34.2 Å². The van der Waals surface area contributed by atoms with E-state index in [0.717, 1.165) is 9.80 Å². The van der Waals surface area contributed by atoms with Gasteiger partial charge in [-0.1, -0.05) is 12.1 Å². The molecule has 13 heteroatoms. The Morgan fingerprint density at radius 2 is 1.74 bits per heavy atom. The summed E-state index contributed by atoms with van der Waals surface area (Å²) in [4.78, 5) is 88.7. The molecule has 2 aromatic carbocycles. The van der Waals surface area contributed by atoms with Crippen LogP contribution in [0.25, 0.3) is 0 Å². The summed E-state index contributed by atoms with van der Waals surface area (Å²) in [7, 11) is 0. The molecule has 0 spiro atoms. The van der Waals surface area contributed by atoms with Gasteiger partial charge in [0, 0.05) is 18.7 Å². The number of hydrogen-bond donors (Lipinski definition) is 4. The van der Waals surface area contributed by atoms with Gasteiger partial charge in [0.05, 0.1) is 16.8 Å². The van der Waals surface area contributed by atoms with Crippen molar-refractivity contribution in [2.24, 2.45) is 0 Å². The molecule has 9 amide bonds. The Kier molecular flexibility index (Phi) is 6.13. The van der Waals surface area contributed by atoms with Crippen LogP contribution in [0.5, 0.6) is 0 Å². The van der Waals surface area contributed by atoms with Crippen LogP contribution in [-0.4, -0.2) is 58.1 Å². The molecule has 1 unspecified atom stereocenters. The third-order valence-corrected chi connectivity index (χ3v) is 6.68. The number of imide groups is 3. The summed E-state index contributed by atoms with van der Waals surface area (Å²) < 4.78 is 0. The first kappa shape index (κ1) is 25.6. The number of rotatable bonds is 5. The molecule has 0 radical (unpaired) electrons. The first-order valence-corrected chi connectivity index (χ1v) is 12.1. The summed E-state index contributed by atoms with van der Waals surface area (Å²) in [6.45, 7) is 3.20. The van der Waals surface area contributed by atoms with Gasteiger partial charge in [-0.15, -0.1) is 0 Å². The fourth-order valence-electron chi connectivity index (χ4n) is 4.69. The average Bonchev–Trinajstić information content (AvgIpc) is 3.24. The van der Waals surface area contributed by atoms with Gasteiger partial charge >= 0.3 is 12.1 Å². The monoisotopic (exact) mass is 532 g/mol. The van der Waals surface area contributed by atoms with Crippen LogP contribution in [0.3, 0.4) is 0 Å². The lowest BCUT2D eigenvalue weighted by molar-refractivity contribution is -0.136. The minimum absolute atomic E-state index is 0.0138. The molecule has 3 aliphatic heterocycles. The quantitative estimate of drug-likeness (QED) is 0.331. The van der Waals surface area contributed by atoms with Crippen molar-refractivity contribution in [2.45, 2.75) is 44.8 Å². The molecule has 39 heavy (non-hydrogen) atoms. The number of hydrogen-bond acceptors (Lipinski definition) is 7. The van der Waals surface area contributed by atoms with Crippen LogP contribution in [0.1, 0.15) is 53.0 Å². The highest BCUT2D eigenvalue weighted by Gasteiger charge is 2.46. The van der Waals surface area contributed by atoms with Crippen molar-refractivity contribution in [3.05, 3.63) is 59.2 Å². The van der Waals surface area contributed by atoms with E-state index in [1.54, 1.807) is 38.1 Å². The second-order valence-electron chi connectivity index (χ2n) is 9.88. The SMILES string of the molecule is CC1(C)NC(=O)N(c2cccc(NC(=O)NCc3ccc4c(c3)C(=O)N(C3CCC(=O)NC3=O)C4=O)c2)C1=O. The number of carbonyl (C=O) groups excluding carboxylic acids is 7. The molecule has 13 nitrogen and oxygen atoms in total. The fraction of sp³-hybridized carbons (Fsp3) is 0.269. The Balaban J connectivity index is 1.23. The van der Waals surface area contributed by atoms with Crippen molar-refractivity contribution in [1.82, 2.24) is 20.9 Å². The maximum atomic E-state index is 13.0. The molecular formula is C26H24N6O7. The van der Waals surface area contributed by atoms with Gasteiger partial charge in [0.1, 0.15) is 11.6 Å². The van der Waals surface area contributed by atoms with E-state index in [-0.39, 0.29) is 30.5 Å². The van der Waals surface area contributed by atoms with Crippen molar-refractivity contribution >= 4 is 53.0 Å². The number of nitrogens with one attached hydrogen (secondary N) is 4. The first-order chi connectivity index (χ1) is 18.5. The van der Waals surface area contributed by atoms with Crippen molar-refractivity contribution in [3.8, 4) is 0 Å². The Bertz CT molecular complexity index is 1480. The molecule has 0 saturated carbocycles. The topological polar surface area (TPSA) is 174 Å². The fourth-order valence-corrected chi connectivity index (χ4v) is 4.69. The standard InChI is InChI=1S/C26H24N6O7/c1-26(2)23(37)31(25(39)30-26)15-5-3-4-14(11-15)28-24(38)27-12-13-6-7-16-17(10-13)22(36)32(21(16)35)18-8-9-19(33)29-20(18)34/h3-7,10-11,18H,8-9,12H2,1-2H3,(H,30,39)(H2,27,28,38)(H,29,33,34). The van der Waals surface area contributed by atoms with Gasteiger partial charge < -0.3 is 16.0 Å². The summed E-state index contributed by atoms with van der Waals surface area (Å²) in [5.74, 6) is -2.83. The van der Waals surface area contributed by atoms with Crippen LogP contribution >= 0.6 is 0 Å². The van der Waals surface area contributed by atoms with Crippen LogP contribution < -0.4 is 26.2 Å². The highest BCUT2D eigenvalue weighted by atomic mass is 16.2. The molecule has 4 N–H and O–H groups in total. The third kappa shape index (κ3) is 4.58. The van der Waals surface area contributed by atoms with Crippen LogP contribution in [-0.2, 0) is 20.9 Å². The molecule has 5 rings (SSSR count). The predicted molar refractivity (Wildman–Crippen MR) is 136 cm³/mol. The Labute approximate surface area is 221 Å². The minimum atomic E-state index is -1.06. The van der Waals surface area contributed by atoms with E-state index in [9.17, 15) is 33.6 Å². The summed E-state index contributed by atoms with van der Waals surface area (Å²) >= 11 is 0. The van der Waals surface area contributed by atoms with Gasteiger partial charge in [0.2, 0.25) is 11.8 Å². The highest BCUT2D eigenvalue weighted by Crippen LogP contribution is 2.29.